The normalized spacial score (nSPS) is 11.7. The Hall–Kier alpha value is -2.77. The summed E-state index contributed by atoms with van der Waals surface area (Å²) < 4.78 is 39.3. The molecule has 0 aliphatic heterocycles. The van der Waals surface area contributed by atoms with Crippen molar-refractivity contribution in [2.75, 3.05) is 17.2 Å². The van der Waals surface area contributed by atoms with Crippen LogP contribution in [0.3, 0.4) is 0 Å². The molecule has 0 amide bonds. The van der Waals surface area contributed by atoms with E-state index in [4.69, 9.17) is 0 Å². The van der Waals surface area contributed by atoms with Crippen molar-refractivity contribution in [1.82, 2.24) is 14.6 Å². The van der Waals surface area contributed by atoms with E-state index in [9.17, 15) is 13.2 Å². The summed E-state index contributed by atoms with van der Waals surface area (Å²) in [5.74, 6) is 1.10. The molecule has 0 saturated heterocycles. The van der Waals surface area contributed by atoms with Gasteiger partial charge in [0.1, 0.15) is 5.82 Å². The zero-order valence-electron chi connectivity index (χ0n) is 12.2. The molecule has 3 aromatic rings. The minimum Gasteiger partial charge on any atom is -0.370 e. The second kappa shape index (κ2) is 5.79. The van der Waals surface area contributed by atoms with E-state index in [-0.39, 0.29) is 0 Å². The second-order valence-electron chi connectivity index (χ2n) is 4.85. The number of halogens is 3. The van der Waals surface area contributed by atoms with Crippen LogP contribution in [0.25, 0.3) is 5.65 Å². The number of benzene rings is 1. The lowest BCUT2D eigenvalue weighted by atomic mass is 10.2. The number of nitrogens with one attached hydrogen (secondary N) is 2. The molecule has 2 aromatic heterocycles. The maximum Gasteiger partial charge on any atom is 0.416 e. The van der Waals surface area contributed by atoms with Gasteiger partial charge in [-0.1, -0.05) is 6.07 Å². The van der Waals surface area contributed by atoms with Gasteiger partial charge in [0, 0.05) is 12.2 Å². The highest BCUT2D eigenvalue weighted by Gasteiger charge is 2.29. The van der Waals surface area contributed by atoms with Gasteiger partial charge in [-0.3, -0.25) is 0 Å². The van der Waals surface area contributed by atoms with Crippen molar-refractivity contribution in [3.05, 3.63) is 48.0 Å². The second-order valence-corrected chi connectivity index (χ2v) is 4.85. The Bertz CT molecular complexity index is 808. The number of rotatable bonds is 4. The first-order valence-corrected chi connectivity index (χ1v) is 7.01. The molecule has 1 aromatic carbocycles. The van der Waals surface area contributed by atoms with Crippen molar-refractivity contribution in [2.45, 2.75) is 13.1 Å². The predicted molar refractivity (Wildman–Crippen MR) is 81.9 cm³/mol. The number of anilines is 3. The van der Waals surface area contributed by atoms with Crippen molar-refractivity contribution in [1.29, 1.82) is 0 Å². The number of fused-ring (bicyclic) bond motifs is 1. The number of hydrogen-bond donors (Lipinski definition) is 2. The molecule has 0 aliphatic rings. The van der Waals surface area contributed by atoms with Crippen molar-refractivity contribution < 1.29 is 13.2 Å². The van der Waals surface area contributed by atoms with Gasteiger partial charge in [0.2, 0.25) is 5.95 Å². The fourth-order valence-electron chi connectivity index (χ4n) is 2.14. The zero-order chi connectivity index (χ0) is 16.4. The van der Waals surface area contributed by atoms with E-state index in [2.05, 4.69) is 20.7 Å². The zero-order valence-corrected chi connectivity index (χ0v) is 12.2. The molecule has 3 rings (SSSR count). The van der Waals surface area contributed by atoms with Crippen LogP contribution in [0.4, 0.5) is 30.6 Å². The summed E-state index contributed by atoms with van der Waals surface area (Å²) in [6, 6.07) is 10.2. The third-order valence-corrected chi connectivity index (χ3v) is 3.19. The summed E-state index contributed by atoms with van der Waals surface area (Å²) in [6.07, 6.45) is -4.35. The lowest BCUT2D eigenvalue weighted by Crippen LogP contribution is -2.04. The molecule has 120 valence electrons. The molecule has 5 nitrogen and oxygen atoms in total. The first-order valence-electron chi connectivity index (χ1n) is 7.01. The molecule has 0 saturated carbocycles. The molecule has 0 spiro atoms. The summed E-state index contributed by atoms with van der Waals surface area (Å²) in [7, 11) is 0. The Morgan fingerprint density at radius 2 is 1.83 bits per heavy atom. The summed E-state index contributed by atoms with van der Waals surface area (Å²) >= 11 is 0. The highest BCUT2D eigenvalue weighted by atomic mass is 19.4. The van der Waals surface area contributed by atoms with Gasteiger partial charge in [-0.2, -0.15) is 22.7 Å². The van der Waals surface area contributed by atoms with E-state index in [0.29, 0.717) is 17.3 Å². The molecule has 2 N–H and O–H groups in total. The number of aromatic nitrogens is 3. The van der Waals surface area contributed by atoms with Gasteiger partial charge in [-0.05, 0) is 43.3 Å². The van der Waals surface area contributed by atoms with Crippen molar-refractivity contribution in [2.24, 2.45) is 0 Å². The van der Waals surface area contributed by atoms with Crippen LogP contribution < -0.4 is 10.6 Å². The van der Waals surface area contributed by atoms with Crippen molar-refractivity contribution in [3.63, 3.8) is 0 Å². The van der Waals surface area contributed by atoms with Crippen molar-refractivity contribution >= 4 is 23.1 Å². The molecule has 0 fully saturated rings. The Morgan fingerprint density at radius 1 is 1.09 bits per heavy atom. The minimum atomic E-state index is -4.35. The summed E-state index contributed by atoms with van der Waals surface area (Å²) in [5.41, 5.74) is 0.428. The Balaban J connectivity index is 1.85. The quantitative estimate of drug-likeness (QED) is 0.764. The average molecular weight is 321 g/mol. The molecule has 0 unspecified atom stereocenters. The lowest BCUT2D eigenvalue weighted by Gasteiger charge is -2.07. The molecular weight excluding hydrogens is 307 g/mol. The molecule has 0 bridgehead atoms. The first-order chi connectivity index (χ1) is 11.0. The highest BCUT2D eigenvalue weighted by Crippen LogP contribution is 2.30. The maximum atomic E-state index is 12.5. The standard InChI is InChI=1S/C15H14F3N5/c1-2-19-12-4-3-5-13-21-14(22-23(12)13)20-11-8-6-10(7-9-11)15(16,17)18/h3-9,19H,2H2,1H3,(H,20,22). The number of pyridine rings is 1. The number of hydrogen-bond acceptors (Lipinski definition) is 4. The maximum absolute atomic E-state index is 12.5. The molecule has 8 heteroatoms. The Morgan fingerprint density at radius 3 is 2.48 bits per heavy atom. The molecule has 0 aliphatic carbocycles. The minimum absolute atomic E-state index is 0.315. The number of nitrogens with zero attached hydrogens (tertiary/aromatic N) is 3. The van der Waals surface area contributed by atoms with Crippen LogP contribution in [0.15, 0.2) is 42.5 Å². The highest BCUT2D eigenvalue weighted by molar-refractivity contribution is 5.58. The Kier molecular flexibility index (Phi) is 3.81. The van der Waals surface area contributed by atoms with E-state index >= 15 is 0 Å². The third kappa shape index (κ3) is 3.20. The Labute approximate surface area is 130 Å². The van der Waals surface area contributed by atoms with Gasteiger partial charge in [0.15, 0.2) is 5.65 Å². The van der Waals surface area contributed by atoms with Gasteiger partial charge in [0.05, 0.1) is 5.56 Å². The predicted octanol–water partition coefficient (Wildman–Crippen LogP) is 3.92. The van der Waals surface area contributed by atoms with E-state index < -0.39 is 11.7 Å². The molecule has 23 heavy (non-hydrogen) atoms. The number of alkyl halides is 3. The van der Waals surface area contributed by atoms with Gasteiger partial charge in [0.25, 0.3) is 0 Å². The lowest BCUT2D eigenvalue weighted by molar-refractivity contribution is -0.137. The third-order valence-electron chi connectivity index (χ3n) is 3.19. The largest absolute Gasteiger partial charge is 0.416 e. The van der Waals surface area contributed by atoms with E-state index in [1.807, 2.05) is 19.1 Å². The van der Waals surface area contributed by atoms with E-state index in [1.54, 1.807) is 10.6 Å². The van der Waals surface area contributed by atoms with E-state index in [1.165, 1.54) is 12.1 Å². The van der Waals surface area contributed by atoms with Gasteiger partial charge >= 0.3 is 6.18 Å². The van der Waals surface area contributed by atoms with Crippen molar-refractivity contribution in [3.8, 4) is 0 Å². The van der Waals surface area contributed by atoms with Crippen LogP contribution in [0.5, 0.6) is 0 Å². The topological polar surface area (TPSA) is 54.2 Å². The molecular formula is C15H14F3N5. The monoisotopic (exact) mass is 321 g/mol. The van der Waals surface area contributed by atoms with Crippen LogP contribution in [-0.4, -0.2) is 21.1 Å². The SMILES string of the molecule is CCNc1cccc2nc(Nc3ccc(C(F)(F)F)cc3)nn12. The van der Waals surface area contributed by atoms with Crippen LogP contribution >= 0.6 is 0 Å². The summed E-state index contributed by atoms with van der Waals surface area (Å²) in [6.45, 7) is 2.71. The van der Waals surface area contributed by atoms with Gasteiger partial charge in [-0.25, -0.2) is 0 Å². The van der Waals surface area contributed by atoms with Gasteiger partial charge in [-0.15, -0.1) is 5.10 Å². The average Bonchev–Trinajstić information content (AvgIpc) is 2.90. The molecule has 0 atom stereocenters. The summed E-state index contributed by atoms with van der Waals surface area (Å²) in [5, 5.41) is 10.4. The van der Waals surface area contributed by atoms with Crippen LogP contribution in [0.1, 0.15) is 12.5 Å². The molecule has 0 radical (unpaired) electrons. The molecule has 2 heterocycles. The van der Waals surface area contributed by atoms with E-state index in [0.717, 1.165) is 24.5 Å². The fraction of sp³-hybridized carbons (Fsp3) is 0.200. The summed E-state index contributed by atoms with van der Waals surface area (Å²) in [4.78, 5) is 4.30. The van der Waals surface area contributed by atoms with Crippen LogP contribution in [-0.2, 0) is 6.18 Å². The van der Waals surface area contributed by atoms with Gasteiger partial charge < -0.3 is 10.6 Å². The smallest absolute Gasteiger partial charge is 0.370 e. The first kappa shape index (κ1) is 15.1. The van der Waals surface area contributed by atoms with Crippen LogP contribution in [0.2, 0.25) is 0 Å². The fourth-order valence-corrected chi connectivity index (χ4v) is 2.14. The van der Waals surface area contributed by atoms with Crippen LogP contribution in [0, 0.1) is 0 Å².